The standard InChI is InChI=1S/C20H19N3O2/c1-14-3-5-15(6-4-14)20(24)23-17-9-12-19(21-13-17)22-16-7-10-18(25-2)11-8-16/h3-13H,1-2H3,(H,21,22)(H,23,24). The number of carbonyl (C=O) groups excluding carboxylic acids is 1. The fourth-order valence-electron chi connectivity index (χ4n) is 2.27. The molecule has 0 atom stereocenters. The number of benzene rings is 2. The maximum Gasteiger partial charge on any atom is 0.255 e. The Morgan fingerprint density at radius 2 is 1.60 bits per heavy atom. The number of ether oxygens (including phenoxy) is 1. The van der Waals surface area contributed by atoms with Crippen LogP contribution in [0.3, 0.4) is 0 Å². The van der Waals surface area contributed by atoms with Crippen LogP contribution in [0.4, 0.5) is 17.2 Å². The largest absolute Gasteiger partial charge is 0.497 e. The van der Waals surface area contributed by atoms with Gasteiger partial charge in [0.05, 0.1) is 19.0 Å². The molecule has 2 N–H and O–H groups in total. The van der Waals surface area contributed by atoms with E-state index in [1.165, 1.54) is 0 Å². The van der Waals surface area contributed by atoms with E-state index in [1.54, 1.807) is 25.4 Å². The number of hydrogen-bond acceptors (Lipinski definition) is 4. The zero-order chi connectivity index (χ0) is 17.6. The second-order valence-electron chi connectivity index (χ2n) is 5.61. The normalized spacial score (nSPS) is 10.2. The Kier molecular flexibility index (Phi) is 4.95. The summed E-state index contributed by atoms with van der Waals surface area (Å²) in [5, 5.41) is 6.03. The van der Waals surface area contributed by atoms with Gasteiger partial charge in [-0.25, -0.2) is 4.98 Å². The third-order valence-electron chi connectivity index (χ3n) is 3.70. The SMILES string of the molecule is COc1ccc(Nc2ccc(NC(=O)c3ccc(C)cc3)cn2)cc1. The molecule has 126 valence electrons. The van der Waals surface area contributed by atoms with E-state index in [1.807, 2.05) is 55.5 Å². The lowest BCUT2D eigenvalue weighted by atomic mass is 10.1. The Morgan fingerprint density at radius 3 is 2.20 bits per heavy atom. The molecule has 3 rings (SSSR count). The summed E-state index contributed by atoms with van der Waals surface area (Å²) >= 11 is 0. The molecule has 0 aliphatic heterocycles. The van der Waals surface area contributed by atoms with Crippen molar-refractivity contribution in [3.8, 4) is 5.75 Å². The molecule has 25 heavy (non-hydrogen) atoms. The molecule has 1 heterocycles. The third-order valence-corrected chi connectivity index (χ3v) is 3.70. The second kappa shape index (κ2) is 7.49. The number of aromatic nitrogens is 1. The summed E-state index contributed by atoms with van der Waals surface area (Å²) in [6.07, 6.45) is 1.62. The van der Waals surface area contributed by atoms with Crippen LogP contribution in [0.2, 0.25) is 0 Å². The zero-order valence-corrected chi connectivity index (χ0v) is 14.1. The van der Waals surface area contributed by atoms with E-state index >= 15 is 0 Å². The average molecular weight is 333 g/mol. The number of amides is 1. The molecule has 0 aliphatic rings. The minimum atomic E-state index is -0.155. The molecular weight excluding hydrogens is 314 g/mol. The van der Waals surface area contributed by atoms with Gasteiger partial charge in [0.15, 0.2) is 0 Å². The van der Waals surface area contributed by atoms with E-state index in [4.69, 9.17) is 4.74 Å². The number of nitrogens with one attached hydrogen (secondary N) is 2. The van der Waals surface area contributed by atoms with Crippen molar-refractivity contribution in [2.75, 3.05) is 17.7 Å². The summed E-state index contributed by atoms with van der Waals surface area (Å²) < 4.78 is 5.13. The van der Waals surface area contributed by atoms with Crippen LogP contribution in [0, 0.1) is 6.92 Å². The van der Waals surface area contributed by atoms with E-state index in [0.29, 0.717) is 17.1 Å². The van der Waals surface area contributed by atoms with Crippen molar-refractivity contribution in [1.82, 2.24) is 4.98 Å². The molecule has 0 unspecified atom stereocenters. The lowest BCUT2D eigenvalue weighted by Crippen LogP contribution is -2.12. The number of nitrogens with zero attached hydrogens (tertiary/aromatic N) is 1. The maximum absolute atomic E-state index is 12.2. The number of anilines is 3. The summed E-state index contributed by atoms with van der Waals surface area (Å²) in [7, 11) is 1.63. The molecule has 0 bridgehead atoms. The fourth-order valence-corrected chi connectivity index (χ4v) is 2.27. The molecule has 3 aromatic rings. The van der Waals surface area contributed by atoms with Gasteiger partial charge in [0.1, 0.15) is 11.6 Å². The Labute approximate surface area is 146 Å². The predicted octanol–water partition coefficient (Wildman–Crippen LogP) is 4.39. The zero-order valence-electron chi connectivity index (χ0n) is 14.1. The molecule has 5 heteroatoms. The minimum Gasteiger partial charge on any atom is -0.497 e. The molecule has 0 saturated carbocycles. The molecule has 0 fully saturated rings. The van der Waals surface area contributed by atoms with Gasteiger partial charge in [0, 0.05) is 11.3 Å². The number of rotatable bonds is 5. The number of carbonyl (C=O) groups is 1. The van der Waals surface area contributed by atoms with Gasteiger partial charge in [-0.2, -0.15) is 0 Å². The van der Waals surface area contributed by atoms with E-state index in [-0.39, 0.29) is 5.91 Å². The van der Waals surface area contributed by atoms with E-state index in [2.05, 4.69) is 15.6 Å². The van der Waals surface area contributed by atoms with E-state index < -0.39 is 0 Å². The highest BCUT2D eigenvalue weighted by Crippen LogP contribution is 2.19. The first-order valence-electron chi connectivity index (χ1n) is 7.89. The fraction of sp³-hybridized carbons (Fsp3) is 0.100. The van der Waals surface area contributed by atoms with Crippen molar-refractivity contribution in [3.63, 3.8) is 0 Å². The lowest BCUT2D eigenvalue weighted by Gasteiger charge is -2.08. The first-order chi connectivity index (χ1) is 12.1. The highest BCUT2D eigenvalue weighted by Gasteiger charge is 2.06. The monoisotopic (exact) mass is 333 g/mol. The van der Waals surface area contributed by atoms with Gasteiger partial charge in [-0.1, -0.05) is 17.7 Å². The van der Waals surface area contributed by atoms with E-state index in [9.17, 15) is 4.79 Å². The Hall–Kier alpha value is -3.34. The molecule has 0 saturated heterocycles. The van der Waals surface area contributed by atoms with Gasteiger partial charge < -0.3 is 15.4 Å². The van der Waals surface area contributed by atoms with Gasteiger partial charge in [0.25, 0.3) is 5.91 Å². The van der Waals surface area contributed by atoms with Crippen LogP contribution in [-0.2, 0) is 0 Å². The summed E-state index contributed by atoms with van der Waals surface area (Å²) in [6, 6.07) is 18.6. The smallest absolute Gasteiger partial charge is 0.255 e. The second-order valence-corrected chi connectivity index (χ2v) is 5.61. The molecule has 2 aromatic carbocycles. The van der Waals surface area contributed by atoms with Crippen LogP contribution < -0.4 is 15.4 Å². The minimum absolute atomic E-state index is 0.155. The van der Waals surface area contributed by atoms with E-state index in [0.717, 1.165) is 17.0 Å². The summed E-state index contributed by atoms with van der Waals surface area (Å²) in [6.45, 7) is 1.99. The first-order valence-corrected chi connectivity index (χ1v) is 7.89. The summed E-state index contributed by atoms with van der Waals surface area (Å²) in [5.74, 6) is 1.34. The van der Waals surface area contributed by atoms with Crippen LogP contribution in [-0.4, -0.2) is 18.0 Å². The van der Waals surface area contributed by atoms with Crippen molar-refractivity contribution in [2.24, 2.45) is 0 Å². The highest BCUT2D eigenvalue weighted by molar-refractivity contribution is 6.04. The molecule has 0 spiro atoms. The molecular formula is C20H19N3O2. The van der Waals surface area contributed by atoms with Crippen molar-refractivity contribution in [2.45, 2.75) is 6.92 Å². The quantitative estimate of drug-likeness (QED) is 0.727. The summed E-state index contributed by atoms with van der Waals surface area (Å²) in [5.41, 5.74) is 3.29. The molecule has 1 aromatic heterocycles. The Morgan fingerprint density at radius 1 is 0.920 bits per heavy atom. The van der Waals surface area contributed by atoms with Crippen LogP contribution in [0.1, 0.15) is 15.9 Å². The molecule has 0 aliphatic carbocycles. The molecule has 0 radical (unpaired) electrons. The van der Waals surface area contributed by atoms with Crippen LogP contribution >= 0.6 is 0 Å². The number of methoxy groups -OCH3 is 1. The topological polar surface area (TPSA) is 63.2 Å². The van der Waals surface area contributed by atoms with Gasteiger partial charge in [0.2, 0.25) is 0 Å². The third kappa shape index (κ3) is 4.35. The lowest BCUT2D eigenvalue weighted by molar-refractivity contribution is 0.102. The number of pyridine rings is 1. The van der Waals surface area contributed by atoms with Gasteiger partial charge in [-0.15, -0.1) is 0 Å². The predicted molar refractivity (Wildman–Crippen MR) is 99.6 cm³/mol. The summed E-state index contributed by atoms with van der Waals surface area (Å²) in [4.78, 5) is 16.5. The number of aryl methyl sites for hydroxylation is 1. The first kappa shape index (κ1) is 16.5. The van der Waals surface area contributed by atoms with Crippen LogP contribution in [0.25, 0.3) is 0 Å². The van der Waals surface area contributed by atoms with Crippen LogP contribution in [0.15, 0.2) is 66.9 Å². The van der Waals surface area contributed by atoms with Crippen LogP contribution in [0.5, 0.6) is 5.75 Å². The Balaban J connectivity index is 1.63. The average Bonchev–Trinajstić information content (AvgIpc) is 2.64. The maximum atomic E-state index is 12.2. The van der Waals surface area contributed by atoms with Crippen molar-refractivity contribution < 1.29 is 9.53 Å². The van der Waals surface area contributed by atoms with Gasteiger partial charge in [-0.05, 0) is 55.5 Å². The van der Waals surface area contributed by atoms with Gasteiger partial charge in [-0.3, -0.25) is 4.79 Å². The molecule has 5 nitrogen and oxygen atoms in total. The highest BCUT2D eigenvalue weighted by atomic mass is 16.5. The van der Waals surface area contributed by atoms with Gasteiger partial charge >= 0.3 is 0 Å². The van der Waals surface area contributed by atoms with Crippen molar-refractivity contribution in [3.05, 3.63) is 78.0 Å². The Bertz CT molecular complexity index is 842. The number of hydrogen-bond donors (Lipinski definition) is 2. The van der Waals surface area contributed by atoms with Crippen molar-refractivity contribution >= 4 is 23.1 Å². The van der Waals surface area contributed by atoms with Crippen molar-refractivity contribution in [1.29, 1.82) is 0 Å². The molecule has 1 amide bonds.